The standard InChI is InChI=1S/C25H27IO6/c1-5-31-24(25(27)28)15-19-8-9-23(22(26)14-19)32-11-10-17(2)6-7-18-12-20(29-3)16-21(13-18)30-4/h8-10,12-14,16,24H,5,11,15H2,1-4H3,(H,27,28)/b17-10+/t24-/m0/s1. The van der Waals surface area contributed by atoms with E-state index in [1.807, 2.05) is 43.3 Å². The van der Waals surface area contributed by atoms with E-state index in [2.05, 4.69) is 34.4 Å². The number of carbonyl (C=O) groups is 1. The lowest BCUT2D eigenvalue weighted by Gasteiger charge is -2.13. The van der Waals surface area contributed by atoms with E-state index in [-0.39, 0.29) is 0 Å². The fraction of sp³-hybridized carbons (Fsp3) is 0.320. The van der Waals surface area contributed by atoms with Gasteiger partial charge in [0.05, 0.1) is 17.8 Å². The van der Waals surface area contributed by atoms with Gasteiger partial charge in [0.15, 0.2) is 6.10 Å². The number of methoxy groups -OCH3 is 2. The highest BCUT2D eigenvalue weighted by molar-refractivity contribution is 14.1. The summed E-state index contributed by atoms with van der Waals surface area (Å²) in [6.07, 6.45) is 1.36. The molecule has 170 valence electrons. The van der Waals surface area contributed by atoms with Gasteiger partial charge >= 0.3 is 5.97 Å². The highest BCUT2D eigenvalue weighted by Gasteiger charge is 2.18. The minimum atomic E-state index is -0.962. The van der Waals surface area contributed by atoms with E-state index in [1.165, 1.54) is 0 Å². The number of benzene rings is 2. The zero-order valence-electron chi connectivity index (χ0n) is 18.6. The Kier molecular flexibility index (Phi) is 10.4. The van der Waals surface area contributed by atoms with E-state index in [4.69, 9.17) is 18.9 Å². The van der Waals surface area contributed by atoms with Gasteiger partial charge in [0.2, 0.25) is 0 Å². The molecule has 0 bridgehead atoms. The average molecular weight is 550 g/mol. The molecule has 0 amide bonds. The summed E-state index contributed by atoms with van der Waals surface area (Å²) in [4.78, 5) is 11.3. The number of rotatable bonds is 10. The van der Waals surface area contributed by atoms with Crippen molar-refractivity contribution in [2.45, 2.75) is 26.4 Å². The molecule has 0 aromatic heterocycles. The van der Waals surface area contributed by atoms with E-state index >= 15 is 0 Å². The number of hydrogen-bond acceptors (Lipinski definition) is 5. The number of halogens is 1. The van der Waals surface area contributed by atoms with Crippen LogP contribution in [0.4, 0.5) is 0 Å². The maximum atomic E-state index is 11.3. The molecule has 7 heteroatoms. The molecule has 1 N–H and O–H groups in total. The quantitative estimate of drug-likeness (QED) is 0.341. The largest absolute Gasteiger partial charge is 0.497 e. The Balaban J connectivity index is 1.99. The normalized spacial score (nSPS) is 11.8. The summed E-state index contributed by atoms with van der Waals surface area (Å²) in [7, 11) is 3.21. The average Bonchev–Trinajstić information content (AvgIpc) is 2.78. The van der Waals surface area contributed by atoms with Gasteiger partial charge in [0.25, 0.3) is 0 Å². The summed E-state index contributed by atoms with van der Waals surface area (Å²) in [6, 6.07) is 11.1. The molecule has 32 heavy (non-hydrogen) atoms. The number of ether oxygens (including phenoxy) is 4. The van der Waals surface area contributed by atoms with Crippen molar-refractivity contribution in [1.29, 1.82) is 0 Å². The van der Waals surface area contributed by atoms with Crippen LogP contribution in [0.1, 0.15) is 25.0 Å². The molecule has 0 aliphatic carbocycles. The highest BCUT2D eigenvalue weighted by atomic mass is 127. The van der Waals surface area contributed by atoms with Gasteiger partial charge in [0, 0.05) is 24.7 Å². The van der Waals surface area contributed by atoms with Gasteiger partial charge in [-0.15, -0.1) is 0 Å². The van der Waals surface area contributed by atoms with Crippen LogP contribution in [-0.2, 0) is 16.0 Å². The Labute approximate surface area is 202 Å². The summed E-state index contributed by atoms with van der Waals surface area (Å²) in [5, 5.41) is 9.24. The monoisotopic (exact) mass is 550 g/mol. The van der Waals surface area contributed by atoms with Gasteiger partial charge in [-0.25, -0.2) is 4.79 Å². The number of hydrogen-bond donors (Lipinski definition) is 1. The molecule has 0 saturated heterocycles. The molecule has 2 rings (SSSR count). The molecule has 0 fully saturated rings. The number of aliphatic carboxylic acids is 1. The summed E-state index contributed by atoms with van der Waals surface area (Å²) >= 11 is 2.18. The molecule has 0 heterocycles. The maximum absolute atomic E-state index is 11.3. The van der Waals surface area contributed by atoms with Crippen LogP contribution in [0.2, 0.25) is 0 Å². The highest BCUT2D eigenvalue weighted by Crippen LogP contribution is 2.24. The van der Waals surface area contributed by atoms with Crippen molar-refractivity contribution in [3.63, 3.8) is 0 Å². The van der Waals surface area contributed by atoms with E-state index in [0.717, 1.165) is 26.0 Å². The molecule has 1 atom stereocenters. The molecule has 0 unspecified atom stereocenters. The smallest absolute Gasteiger partial charge is 0.333 e. The molecule has 0 saturated carbocycles. The van der Waals surface area contributed by atoms with Crippen LogP contribution in [0.5, 0.6) is 17.2 Å². The number of carboxylic acid groups (broad SMARTS) is 1. The molecule has 6 nitrogen and oxygen atoms in total. The fourth-order valence-corrected chi connectivity index (χ4v) is 3.51. The van der Waals surface area contributed by atoms with Crippen molar-refractivity contribution in [3.05, 3.63) is 62.7 Å². The Hall–Kier alpha value is -2.70. The third kappa shape index (κ3) is 8.09. The summed E-state index contributed by atoms with van der Waals surface area (Å²) < 4.78 is 22.6. The molecule has 2 aromatic carbocycles. The van der Waals surface area contributed by atoms with Crippen molar-refractivity contribution in [3.8, 4) is 29.1 Å². The van der Waals surface area contributed by atoms with Crippen LogP contribution in [0, 0.1) is 15.4 Å². The Morgan fingerprint density at radius 2 is 1.84 bits per heavy atom. The first-order chi connectivity index (χ1) is 15.4. The molecule has 0 aliphatic heterocycles. The third-order valence-electron chi connectivity index (χ3n) is 4.44. The van der Waals surface area contributed by atoms with E-state index in [0.29, 0.717) is 31.1 Å². The maximum Gasteiger partial charge on any atom is 0.333 e. The molecular formula is C25H27IO6. The number of carboxylic acids is 1. The van der Waals surface area contributed by atoms with Gasteiger partial charge < -0.3 is 24.1 Å². The Morgan fingerprint density at radius 1 is 1.16 bits per heavy atom. The lowest BCUT2D eigenvalue weighted by Crippen LogP contribution is -2.26. The SMILES string of the molecule is CCO[C@@H](Cc1ccc(OC/C=C(\C)C#Cc2cc(OC)cc(OC)c2)c(I)c1)C(=O)O. The van der Waals surface area contributed by atoms with Crippen LogP contribution < -0.4 is 14.2 Å². The second kappa shape index (κ2) is 13.0. The van der Waals surface area contributed by atoms with Crippen LogP contribution in [0.3, 0.4) is 0 Å². The summed E-state index contributed by atoms with van der Waals surface area (Å²) in [5.74, 6) is 7.35. The van der Waals surface area contributed by atoms with Crippen molar-refractivity contribution < 1.29 is 28.8 Å². The van der Waals surface area contributed by atoms with Crippen molar-refractivity contribution in [1.82, 2.24) is 0 Å². The summed E-state index contributed by atoms with van der Waals surface area (Å²) in [6.45, 7) is 4.43. The molecule has 0 aliphatic rings. The van der Waals surface area contributed by atoms with E-state index < -0.39 is 12.1 Å². The van der Waals surface area contributed by atoms with Gasteiger partial charge in [-0.2, -0.15) is 0 Å². The van der Waals surface area contributed by atoms with Gasteiger partial charge in [-0.1, -0.05) is 17.9 Å². The zero-order chi connectivity index (χ0) is 23.5. The number of allylic oxidation sites excluding steroid dienone is 1. The second-order valence-electron chi connectivity index (χ2n) is 6.80. The fourth-order valence-electron chi connectivity index (χ4n) is 2.78. The van der Waals surface area contributed by atoms with Crippen molar-refractivity contribution in [2.24, 2.45) is 0 Å². The Morgan fingerprint density at radius 3 is 2.41 bits per heavy atom. The van der Waals surface area contributed by atoms with Gasteiger partial charge in [0.1, 0.15) is 23.9 Å². The van der Waals surface area contributed by atoms with Gasteiger partial charge in [-0.3, -0.25) is 0 Å². The second-order valence-corrected chi connectivity index (χ2v) is 7.96. The molecule has 2 aromatic rings. The molecule has 0 spiro atoms. The van der Waals surface area contributed by atoms with Crippen molar-refractivity contribution >= 4 is 28.6 Å². The first-order valence-corrected chi connectivity index (χ1v) is 11.1. The van der Waals surface area contributed by atoms with Crippen LogP contribution in [0.15, 0.2) is 48.0 Å². The lowest BCUT2D eigenvalue weighted by molar-refractivity contribution is -0.149. The van der Waals surface area contributed by atoms with Crippen molar-refractivity contribution in [2.75, 3.05) is 27.4 Å². The van der Waals surface area contributed by atoms with E-state index in [1.54, 1.807) is 27.2 Å². The molecule has 0 radical (unpaired) electrons. The minimum Gasteiger partial charge on any atom is -0.497 e. The lowest BCUT2D eigenvalue weighted by atomic mass is 10.1. The van der Waals surface area contributed by atoms with Gasteiger partial charge in [-0.05, 0) is 77.9 Å². The third-order valence-corrected chi connectivity index (χ3v) is 5.29. The predicted molar refractivity (Wildman–Crippen MR) is 132 cm³/mol. The minimum absolute atomic E-state index is 0.309. The van der Waals surface area contributed by atoms with E-state index in [9.17, 15) is 9.90 Å². The van der Waals surface area contributed by atoms with Crippen LogP contribution in [-0.4, -0.2) is 44.6 Å². The Bertz CT molecular complexity index is 997. The topological polar surface area (TPSA) is 74.2 Å². The zero-order valence-corrected chi connectivity index (χ0v) is 20.8. The summed E-state index contributed by atoms with van der Waals surface area (Å²) in [5.41, 5.74) is 2.56. The first kappa shape index (κ1) is 25.6. The molecular weight excluding hydrogens is 523 g/mol. The van der Waals surface area contributed by atoms with Crippen LogP contribution >= 0.6 is 22.6 Å². The first-order valence-electron chi connectivity index (χ1n) is 10.0. The predicted octanol–water partition coefficient (Wildman–Crippen LogP) is 4.72. The van der Waals surface area contributed by atoms with Crippen LogP contribution in [0.25, 0.3) is 0 Å².